The fourth-order valence-corrected chi connectivity index (χ4v) is 2.74. The summed E-state index contributed by atoms with van der Waals surface area (Å²) >= 11 is 0. The number of nitrogens with zero attached hydrogens (tertiary/aromatic N) is 2. The zero-order valence-electron chi connectivity index (χ0n) is 12.8. The number of unbranched alkanes of at least 4 members (excludes halogenated alkanes) is 4. The van der Waals surface area contributed by atoms with Gasteiger partial charge in [0.25, 0.3) is 0 Å². The zero-order valence-corrected chi connectivity index (χ0v) is 13.5. The van der Waals surface area contributed by atoms with Gasteiger partial charge in [0.1, 0.15) is 0 Å². The van der Waals surface area contributed by atoms with E-state index in [-0.39, 0.29) is 12.4 Å². The molecule has 0 spiro atoms. The van der Waals surface area contributed by atoms with Crippen molar-refractivity contribution < 1.29 is 16.9 Å². The minimum absolute atomic E-state index is 0. The molecular formula is C15H33ClN2. The van der Waals surface area contributed by atoms with Crippen LogP contribution in [0.3, 0.4) is 0 Å². The minimum Gasteiger partial charge on any atom is -1.00 e. The molecule has 1 saturated heterocycles. The number of piperazine rings is 1. The van der Waals surface area contributed by atoms with Crippen LogP contribution in [0.1, 0.15) is 52.4 Å². The number of likely N-dealkylation sites (N-methyl/N-ethyl adjacent to an activating group) is 1. The lowest BCUT2D eigenvalue weighted by Crippen LogP contribution is -3.00. The van der Waals surface area contributed by atoms with Gasteiger partial charge in [0.2, 0.25) is 0 Å². The van der Waals surface area contributed by atoms with Gasteiger partial charge in [-0.15, -0.1) is 0 Å². The lowest BCUT2D eigenvalue weighted by molar-refractivity contribution is -0.913. The van der Waals surface area contributed by atoms with Gasteiger partial charge in [0.05, 0.1) is 26.7 Å². The third kappa shape index (κ3) is 6.96. The average Bonchev–Trinajstić information content (AvgIpc) is 2.34. The molecule has 0 bridgehead atoms. The Balaban J connectivity index is 0.00000289. The van der Waals surface area contributed by atoms with E-state index in [1.807, 2.05) is 0 Å². The number of hydrogen-bond donors (Lipinski definition) is 0. The van der Waals surface area contributed by atoms with E-state index >= 15 is 0 Å². The smallest absolute Gasteiger partial charge is 0.0914 e. The van der Waals surface area contributed by atoms with Gasteiger partial charge >= 0.3 is 0 Å². The van der Waals surface area contributed by atoms with Crippen LogP contribution in [0.4, 0.5) is 0 Å². The first-order chi connectivity index (χ1) is 8.20. The Morgan fingerprint density at radius 2 is 1.50 bits per heavy atom. The van der Waals surface area contributed by atoms with Crippen LogP contribution >= 0.6 is 0 Å². The molecule has 110 valence electrons. The second-order valence-corrected chi connectivity index (χ2v) is 6.05. The highest BCUT2D eigenvalue weighted by Gasteiger charge is 2.27. The highest BCUT2D eigenvalue weighted by molar-refractivity contribution is 4.63. The van der Waals surface area contributed by atoms with Crippen LogP contribution in [0.15, 0.2) is 0 Å². The van der Waals surface area contributed by atoms with E-state index in [4.69, 9.17) is 0 Å². The molecule has 1 rings (SSSR count). The monoisotopic (exact) mass is 276 g/mol. The summed E-state index contributed by atoms with van der Waals surface area (Å²) in [4.78, 5) is 2.66. The highest BCUT2D eigenvalue weighted by Crippen LogP contribution is 2.13. The first-order valence-corrected chi connectivity index (χ1v) is 7.76. The molecule has 0 N–H and O–H groups in total. The van der Waals surface area contributed by atoms with Crippen molar-refractivity contribution in [1.29, 1.82) is 0 Å². The van der Waals surface area contributed by atoms with E-state index in [9.17, 15) is 0 Å². The largest absolute Gasteiger partial charge is 1.00 e. The average molecular weight is 277 g/mol. The van der Waals surface area contributed by atoms with E-state index in [0.717, 1.165) is 0 Å². The van der Waals surface area contributed by atoms with Crippen molar-refractivity contribution in [2.75, 3.05) is 46.3 Å². The summed E-state index contributed by atoms with van der Waals surface area (Å²) in [5, 5.41) is 0. The molecule has 0 aromatic carbocycles. The van der Waals surface area contributed by atoms with Crippen LogP contribution in [0, 0.1) is 0 Å². The Hall–Kier alpha value is 0.210. The molecule has 0 aromatic heterocycles. The molecule has 1 heterocycles. The fourth-order valence-electron chi connectivity index (χ4n) is 2.74. The van der Waals surface area contributed by atoms with Crippen molar-refractivity contribution in [3.05, 3.63) is 0 Å². The highest BCUT2D eigenvalue weighted by atomic mass is 35.5. The second-order valence-electron chi connectivity index (χ2n) is 6.05. The lowest BCUT2D eigenvalue weighted by Gasteiger charge is -2.42. The van der Waals surface area contributed by atoms with Gasteiger partial charge in [-0.1, -0.05) is 33.1 Å². The van der Waals surface area contributed by atoms with Crippen molar-refractivity contribution in [2.24, 2.45) is 0 Å². The number of quaternary nitrogens is 1. The molecule has 3 heteroatoms. The fraction of sp³-hybridized carbons (Fsp3) is 1.00. The molecular weight excluding hydrogens is 244 g/mol. The van der Waals surface area contributed by atoms with E-state index in [2.05, 4.69) is 25.8 Å². The Kier molecular flexibility index (Phi) is 10.2. The minimum atomic E-state index is 0. The van der Waals surface area contributed by atoms with Crippen LogP contribution in [0.2, 0.25) is 0 Å². The summed E-state index contributed by atoms with van der Waals surface area (Å²) in [6.07, 6.45) is 8.35. The summed E-state index contributed by atoms with van der Waals surface area (Å²) in [5.41, 5.74) is 0. The van der Waals surface area contributed by atoms with Crippen molar-refractivity contribution >= 4 is 0 Å². The first-order valence-electron chi connectivity index (χ1n) is 7.76. The third-order valence-electron chi connectivity index (χ3n) is 4.29. The molecule has 0 unspecified atom stereocenters. The van der Waals surface area contributed by atoms with Crippen LogP contribution in [-0.2, 0) is 0 Å². The number of rotatable bonds is 8. The predicted octanol–water partition coefficient (Wildman–Crippen LogP) is 0.133. The normalized spacial score (nSPS) is 19.5. The van der Waals surface area contributed by atoms with Gasteiger partial charge in [0.15, 0.2) is 0 Å². The lowest BCUT2D eigenvalue weighted by atomic mass is 10.1. The van der Waals surface area contributed by atoms with Crippen molar-refractivity contribution in [3.8, 4) is 0 Å². The molecule has 1 fully saturated rings. The molecule has 1 aliphatic rings. The van der Waals surface area contributed by atoms with Crippen molar-refractivity contribution in [2.45, 2.75) is 52.4 Å². The molecule has 0 radical (unpaired) electrons. The maximum absolute atomic E-state index is 2.66. The molecule has 0 amide bonds. The maximum atomic E-state index is 2.66. The molecule has 18 heavy (non-hydrogen) atoms. The quantitative estimate of drug-likeness (QED) is 0.450. The molecule has 0 aliphatic carbocycles. The van der Waals surface area contributed by atoms with Crippen molar-refractivity contribution in [1.82, 2.24) is 4.90 Å². The summed E-state index contributed by atoms with van der Waals surface area (Å²) in [7, 11) is 2.46. The maximum Gasteiger partial charge on any atom is 0.0914 e. The van der Waals surface area contributed by atoms with E-state index in [1.165, 1.54) is 82.3 Å². The summed E-state index contributed by atoms with van der Waals surface area (Å²) < 4.78 is 1.33. The number of halogens is 1. The van der Waals surface area contributed by atoms with Gasteiger partial charge < -0.3 is 16.9 Å². The number of hydrogen-bond acceptors (Lipinski definition) is 1. The summed E-state index contributed by atoms with van der Waals surface area (Å²) in [6, 6.07) is 0. The van der Waals surface area contributed by atoms with Crippen molar-refractivity contribution in [3.63, 3.8) is 0 Å². The molecule has 0 aromatic rings. The van der Waals surface area contributed by atoms with Crippen LogP contribution in [0.25, 0.3) is 0 Å². The molecule has 0 atom stereocenters. The molecule has 2 nitrogen and oxygen atoms in total. The van der Waals surface area contributed by atoms with Gasteiger partial charge in [-0.05, 0) is 25.8 Å². The molecule has 1 aliphatic heterocycles. The Bertz CT molecular complexity index is 189. The van der Waals surface area contributed by atoms with E-state index < -0.39 is 0 Å². The van der Waals surface area contributed by atoms with Crippen LogP contribution in [-0.4, -0.2) is 55.7 Å². The molecule has 0 saturated carbocycles. The third-order valence-corrected chi connectivity index (χ3v) is 4.29. The van der Waals surface area contributed by atoms with Gasteiger partial charge in [-0.3, -0.25) is 4.90 Å². The first kappa shape index (κ1) is 18.2. The predicted molar refractivity (Wildman–Crippen MR) is 76.3 cm³/mol. The Morgan fingerprint density at radius 1 is 0.889 bits per heavy atom. The van der Waals surface area contributed by atoms with E-state index in [0.29, 0.717) is 0 Å². The van der Waals surface area contributed by atoms with Gasteiger partial charge in [0, 0.05) is 13.1 Å². The second kappa shape index (κ2) is 10.1. The summed E-state index contributed by atoms with van der Waals surface area (Å²) in [5.74, 6) is 0. The van der Waals surface area contributed by atoms with E-state index in [1.54, 1.807) is 0 Å². The topological polar surface area (TPSA) is 3.24 Å². The standard InChI is InChI=1S/C15H33N2.ClH/c1-4-6-8-9-13-17(3)14-11-16(12-15-17)10-7-5-2;/h4-15H2,1-3H3;1H/q+1;/p-1. The SMILES string of the molecule is CCCCCC[N+]1(C)CCN(CCCC)CC1.[Cl-]. The van der Waals surface area contributed by atoms with Gasteiger partial charge in [-0.25, -0.2) is 0 Å². The summed E-state index contributed by atoms with van der Waals surface area (Å²) in [6.45, 7) is 12.7. The Morgan fingerprint density at radius 3 is 2.06 bits per heavy atom. The van der Waals surface area contributed by atoms with Crippen LogP contribution in [0.5, 0.6) is 0 Å². The van der Waals surface area contributed by atoms with Crippen LogP contribution < -0.4 is 12.4 Å². The zero-order chi connectivity index (χ0) is 12.6. The van der Waals surface area contributed by atoms with Gasteiger partial charge in [-0.2, -0.15) is 0 Å². The Labute approximate surface area is 121 Å².